The summed E-state index contributed by atoms with van der Waals surface area (Å²) in [5.41, 5.74) is 0.306. The van der Waals surface area contributed by atoms with Crippen molar-refractivity contribution in [2.45, 2.75) is 5.37 Å². The van der Waals surface area contributed by atoms with Gasteiger partial charge in [-0.05, 0) is 0 Å². The van der Waals surface area contributed by atoms with Crippen LogP contribution in [0.5, 0.6) is 0 Å². The Hall–Kier alpha value is -0.310. The minimum Gasteiger partial charge on any atom is -0.329 e. The lowest BCUT2D eigenvalue weighted by atomic mass is 10.3. The Morgan fingerprint density at radius 3 is 3.00 bits per heavy atom. The molecule has 0 aliphatic carbocycles. The second-order valence-corrected chi connectivity index (χ2v) is 8.58. The SMILES string of the molecule is CS(=O)(=O)C1CSCCN1c1nc(C(=O)CCl)cs1. The monoisotopic (exact) mass is 340 g/mol. The maximum absolute atomic E-state index is 11.8. The van der Waals surface area contributed by atoms with Gasteiger partial charge in [-0.15, -0.1) is 22.9 Å². The first-order chi connectivity index (χ1) is 8.93. The molecule has 1 atom stereocenters. The molecule has 0 amide bonds. The van der Waals surface area contributed by atoms with Crippen molar-refractivity contribution in [3.63, 3.8) is 0 Å². The predicted molar refractivity (Wildman–Crippen MR) is 80.5 cm³/mol. The number of halogens is 1. The highest BCUT2D eigenvalue weighted by atomic mass is 35.5. The Kier molecular flexibility index (Phi) is 4.75. The molecule has 19 heavy (non-hydrogen) atoms. The van der Waals surface area contributed by atoms with Crippen LogP contribution in [0, 0.1) is 0 Å². The summed E-state index contributed by atoms with van der Waals surface area (Å²) in [5, 5.41) is 1.63. The number of anilines is 1. The Labute approximate surface area is 125 Å². The summed E-state index contributed by atoms with van der Waals surface area (Å²) in [4.78, 5) is 17.4. The normalized spacial score (nSPS) is 20.5. The lowest BCUT2D eigenvalue weighted by molar-refractivity contribution is 0.101. The van der Waals surface area contributed by atoms with Gasteiger partial charge in [0.1, 0.15) is 11.1 Å². The molecule has 2 heterocycles. The number of thioether (sulfide) groups is 1. The van der Waals surface area contributed by atoms with E-state index in [4.69, 9.17) is 11.6 Å². The standard InChI is InChI=1S/C10H13ClN2O3S3/c1-19(15,16)9-6-17-3-2-13(9)10-12-7(5-18-10)8(14)4-11/h5,9H,2-4,6H2,1H3. The molecule has 9 heteroatoms. The molecule has 1 fully saturated rings. The van der Waals surface area contributed by atoms with E-state index in [1.54, 1.807) is 22.0 Å². The molecule has 2 rings (SSSR count). The van der Waals surface area contributed by atoms with Gasteiger partial charge < -0.3 is 4.90 Å². The molecule has 0 saturated carbocycles. The Morgan fingerprint density at radius 1 is 1.63 bits per heavy atom. The summed E-state index contributed by atoms with van der Waals surface area (Å²) < 4.78 is 23.6. The topological polar surface area (TPSA) is 67.3 Å². The average molecular weight is 341 g/mol. The van der Waals surface area contributed by atoms with E-state index in [1.165, 1.54) is 17.6 Å². The highest BCUT2D eigenvalue weighted by molar-refractivity contribution is 8.01. The van der Waals surface area contributed by atoms with Crippen LogP contribution in [0.3, 0.4) is 0 Å². The van der Waals surface area contributed by atoms with Gasteiger partial charge in [-0.1, -0.05) is 0 Å². The summed E-state index contributed by atoms with van der Waals surface area (Å²) >= 11 is 8.38. The molecule has 0 aromatic carbocycles. The van der Waals surface area contributed by atoms with Crippen LogP contribution in [0.15, 0.2) is 5.38 Å². The van der Waals surface area contributed by atoms with Crippen molar-refractivity contribution in [3.05, 3.63) is 11.1 Å². The quantitative estimate of drug-likeness (QED) is 0.611. The zero-order valence-electron chi connectivity index (χ0n) is 10.2. The number of carbonyl (C=O) groups is 1. The molecule has 1 unspecified atom stereocenters. The fourth-order valence-corrected chi connectivity index (χ4v) is 5.68. The van der Waals surface area contributed by atoms with Gasteiger partial charge in [0.15, 0.2) is 20.8 Å². The number of rotatable bonds is 4. The minimum atomic E-state index is -3.18. The number of hydrogen-bond acceptors (Lipinski definition) is 7. The molecule has 1 saturated heterocycles. The predicted octanol–water partition coefficient (Wildman–Crippen LogP) is 1.49. The molecule has 0 N–H and O–H groups in total. The first-order valence-corrected chi connectivity index (χ1v) is 10.0. The summed E-state index contributed by atoms with van der Waals surface area (Å²) in [6, 6.07) is 0. The highest BCUT2D eigenvalue weighted by Crippen LogP contribution is 2.29. The largest absolute Gasteiger partial charge is 0.329 e. The first kappa shape index (κ1) is 15.1. The van der Waals surface area contributed by atoms with E-state index in [1.807, 2.05) is 0 Å². The van der Waals surface area contributed by atoms with Gasteiger partial charge in [0.25, 0.3) is 0 Å². The van der Waals surface area contributed by atoms with Crippen molar-refractivity contribution in [1.82, 2.24) is 4.98 Å². The van der Waals surface area contributed by atoms with Crippen LogP contribution in [0.1, 0.15) is 10.5 Å². The molecule has 5 nitrogen and oxygen atoms in total. The van der Waals surface area contributed by atoms with Crippen LogP contribution in [0.25, 0.3) is 0 Å². The first-order valence-electron chi connectivity index (χ1n) is 5.51. The lowest BCUT2D eigenvalue weighted by Crippen LogP contribution is -2.47. The number of thiazole rings is 1. The minimum absolute atomic E-state index is 0.117. The number of nitrogens with zero attached hydrogens (tertiary/aromatic N) is 2. The van der Waals surface area contributed by atoms with Crippen molar-refractivity contribution in [3.8, 4) is 0 Å². The third-order valence-corrected chi connectivity index (χ3v) is 6.49. The second-order valence-electron chi connectivity index (χ2n) is 4.12. The van der Waals surface area contributed by atoms with Crippen molar-refractivity contribution >= 4 is 55.5 Å². The number of sulfone groups is 1. The maximum Gasteiger partial charge on any atom is 0.196 e. The van der Waals surface area contributed by atoms with Crippen molar-refractivity contribution in [1.29, 1.82) is 0 Å². The molecule has 1 aromatic rings. The molecular weight excluding hydrogens is 328 g/mol. The molecule has 106 valence electrons. The van der Waals surface area contributed by atoms with E-state index in [9.17, 15) is 13.2 Å². The number of carbonyl (C=O) groups excluding carboxylic acids is 1. The molecule has 0 spiro atoms. The summed E-state index contributed by atoms with van der Waals surface area (Å²) in [5.74, 6) is 1.02. The van der Waals surface area contributed by atoms with Crippen LogP contribution in [-0.4, -0.2) is 54.7 Å². The summed E-state index contributed by atoms with van der Waals surface area (Å²) in [6.07, 6.45) is 1.23. The van der Waals surface area contributed by atoms with Crippen LogP contribution in [0.4, 0.5) is 5.13 Å². The third-order valence-electron chi connectivity index (χ3n) is 2.72. The molecule has 0 radical (unpaired) electrons. The van der Waals surface area contributed by atoms with Crippen molar-refractivity contribution < 1.29 is 13.2 Å². The van der Waals surface area contributed by atoms with E-state index in [-0.39, 0.29) is 11.7 Å². The zero-order chi connectivity index (χ0) is 14.0. The van der Waals surface area contributed by atoms with E-state index in [0.717, 1.165) is 5.75 Å². The van der Waals surface area contributed by atoms with Crippen LogP contribution >= 0.6 is 34.7 Å². The zero-order valence-corrected chi connectivity index (χ0v) is 13.4. The second kappa shape index (κ2) is 5.99. The number of aromatic nitrogens is 1. The van der Waals surface area contributed by atoms with Gasteiger partial charge in [-0.25, -0.2) is 13.4 Å². The number of alkyl halides is 1. The Balaban J connectivity index is 2.28. The van der Waals surface area contributed by atoms with Crippen LogP contribution in [-0.2, 0) is 9.84 Å². The van der Waals surface area contributed by atoms with Gasteiger partial charge in [-0.2, -0.15) is 11.8 Å². The highest BCUT2D eigenvalue weighted by Gasteiger charge is 2.32. The van der Waals surface area contributed by atoms with Crippen LogP contribution < -0.4 is 4.90 Å². The molecule has 1 aliphatic heterocycles. The summed E-state index contributed by atoms with van der Waals surface area (Å²) in [7, 11) is -3.18. The smallest absolute Gasteiger partial charge is 0.196 e. The fourth-order valence-electron chi connectivity index (χ4n) is 1.75. The van der Waals surface area contributed by atoms with Crippen LogP contribution in [0.2, 0.25) is 0 Å². The van der Waals surface area contributed by atoms with Gasteiger partial charge in [-0.3, -0.25) is 4.79 Å². The van der Waals surface area contributed by atoms with E-state index < -0.39 is 15.2 Å². The Morgan fingerprint density at radius 2 is 2.37 bits per heavy atom. The van der Waals surface area contributed by atoms with Gasteiger partial charge in [0.05, 0.1) is 5.88 Å². The maximum atomic E-state index is 11.8. The summed E-state index contributed by atoms with van der Waals surface area (Å²) in [6.45, 7) is 0.615. The van der Waals surface area contributed by atoms with E-state index >= 15 is 0 Å². The average Bonchev–Trinajstić information content (AvgIpc) is 2.86. The van der Waals surface area contributed by atoms with E-state index in [0.29, 0.717) is 23.1 Å². The molecular formula is C10H13ClN2O3S3. The number of hydrogen-bond donors (Lipinski definition) is 0. The van der Waals surface area contributed by atoms with E-state index in [2.05, 4.69) is 4.98 Å². The van der Waals surface area contributed by atoms with Crippen molar-refractivity contribution in [2.24, 2.45) is 0 Å². The molecule has 1 aliphatic rings. The molecule has 0 bridgehead atoms. The van der Waals surface area contributed by atoms with Gasteiger partial charge >= 0.3 is 0 Å². The van der Waals surface area contributed by atoms with Gasteiger partial charge in [0, 0.05) is 29.7 Å². The third kappa shape index (κ3) is 3.42. The van der Waals surface area contributed by atoms with Gasteiger partial charge in [0.2, 0.25) is 0 Å². The number of Topliss-reactive ketones (excluding diaryl/α,β-unsaturated/α-hetero) is 1. The van der Waals surface area contributed by atoms with Crippen molar-refractivity contribution in [2.75, 3.05) is 35.1 Å². The lowest BCUT2D eigenvalue weighted by Gasteiger charge is -2.33. The fraction of sp³-hybridized carbons (Fsp3) is 0.600. The number of ketones is 1. The Bertz CT molecular complexity index is 572. The molecule has 1 aromatic heterocycles.